The van der Waals surface area contributed by atoms with Gasteiger partial charge in [0.05, 0.1) is 5.69 Å². The van der Waals surface area contributed by atoms with Crippen LogP contribution in [0.5, 0.6) is 0 Å². The molecule has 1 saturated heterocycles. The highest BCUT2D eigenvalue weighted by Gasteiger charge is 2.18. The lowest BCUT2D eigenvalue weighted by Gasteiger charge is -2.14. The number of nitrogens with one attached hydrogen (secondary N) is 2. The molecular formula is C14H14N6. The van der Waals surface area contributed by atoms with Crippen LogP contribution in [0.4, 0.5) is 5.82 Å². The third-order valence-electron chi connectivity index (χ3n) is 3.32. The number of rotatable bonds is 3. The summed E-state index contributed by atoms with van der Waals surface area (Å²) in [6, 6.07) is 6.14. The van der Waals surface area contributed by atoms with Crippen LogP contribution in [0.15, 0.2) is 30.9 Å². The molecule has 0 saturated carbocycles. The molecule has 2 aromatic rings. The van der Waals surface area contributed by atoms with E-state index in [-0.39, 0.29) is 0 Å². The minimum absolute atomic E-state index is 0.315. The molecule has 2 N–H and O–H groups in total. The van der Waals surface area contributed by atoms with Gasteiger partial charge in [-0.05, 0) is 25.1 Å². The van der Waals surface area contributed by atoms with Crippen molar-refractivity contribution in [2.45, 2.75) is 12.5 Å². The third kappa shape index (κ3) is 2.44. The van der Waals surface area contributed by atoms with Gasteiger partial charge in [0.2, 0.25) is 0 Å². The van der Waals surface area contributed by atoms with Crippen LogP contribution in [0.1, 0.15) is 12.0 Å². The summed E-state index contributed by atoms with van der Waals surface area (Å²) in [5, 5.41) is 16.1. The molecule has 0 aliphatic carbocycles. The Bertz CT molecular complexity index is 628. The zero-order valence-corrected chi connectivity index (χ0v) is 10.9. The predicted molar refractivity (Wildman–Crippen MR) is 74.9 cm³/mol. The Balaban J connectivity index is 1.97. The quantitative estimate of drug-likeness (QED) is 0.867. The van der Waals surface area contributed by atoms with Gasteiger partial charge < -0.3 is 10.6 Å². The van der Waals surface area contributed by atoms with E-state index in [1.807, 2.05) is 0 Å². The van der Waals surface area contributed by atoms with Gasteiger partial charge in [0.1, 0.15) is 23.8 Å². The molecule has 0 radical (unpaired) electrons. The zero-order chi connectivity index (χ0) is 13.8. The highest BCUT2D eigenvalue weighted by atomic mass is 15.1. The molecular weight excluding hydrogens is 252 g/mol. The second-order valence-electron chi connectivity index (χ2n) is 4.62. The maximum atomic E-state index is 9.45. The molecule has 0 aromatic carbocycles. The Kier molecular flexibility index (Phi) is 3.52. The van der Waals surface area contributed by atoms with Crippen LogP contribution < -0.4 is 10.6 Å². The second-order valence-corrected chi connectivity index (χ2v) is 4.62. The number of pyridine rings is 1. The topological polar surface area (TPSA) is 86.5 Å². The molecule has 1 unspecified atom stereocenters. The lowest BCUT2D eigenvalue weighted by molar-refractivity contribution is 0.787. The average molecular weight is 266 g/mol. The molecule has 0 bridgehead atoms. The Hall–Kier alpha value is -2.52. The highest BCUT2D eigenvalue weighted by molar-refractivity contribution is 5.73. The van der Waals surface area contributed by atoms with Crippen LogP contribution in [0.2, 0.25) is 0 Å². The summed E-state index contributed by atoms with van der Waals surface area (Å²) >= 11 is 0. The van der Waals surface area contributed by atoms with E-state index in [0.29, 0.717) is 17.4 Å². The van der Waals surface area contributed by atoms with Crippen molar-refractivity contribution >= 4 is 5.82 Å². The Morgan fingerprint density at radius 3 is 2.95 bits per heavy atom. The van der Waals surface area contributed by atoms with Gasteiger partial charge in [0.25, 0.3) is 0 Å². The molecule has 6 nitrogen and oxygen atoms in total. The third-order valence-corrected chi connectivity index (χ3v) is 3.32. The second kappa shape index (κ2) is 5.63. The van der Waals surface area contributed by atoms with Gasteiger partial charge in [-0.15, -0.1) is 0 Å². The normalized spacial score (nSPS) is 17.6. The lowest BCUT2D eigenvalue weighted by Crippen LogP contribution is -2.23. The molecule has 0 amide bonds. The highest BCUT2D eigenvalue weighted by Crippen LogP contribution is 2.25. The van der Waals surface area contributed by atoms with Crippen molar-refractivity contribution in [3.8, 4) is 17.3 Å². The number of nitriles is 1. The monoisotopic (exact) mass is 266 g/mol. The van der Waals surface area contributed by atoms with Gasteiger partial charge in [-0.25, -0.2) is 15.0 Å². The minimum Gasteiger partial charge on any atom is -0.365 e. The van der Waals surface area contributed by atoms with Gasteiger partial charge >= 0.3 is 0 Å². The van der Waals surface area contributed by atoms with E-state index in [1.54, 1.807) is 24.5 Å². The number of nitrogens with zero attached hydrogens (tertiary/aromatic N) is 4. The fraction of sp³-hybridized carbons (Fsp3) is 0.286. The van der Waals surface area contributed by atoms with Crippen molar-refractivity contribution < 1.29 is 0 Å². The summed E-state index contributed by atoms with van der Waals surface area (Å²) in [7, 11) is 0. The maximum absolute atomic E-state index is 9.45. The Labute approximate surface area is 116 Å². The fourth-order valence-corrected chi connectivity index (χ4v) is 2.32. The smallest absolute Gasteiger partial charge is 0.144 e. The van der Waals surface area contributed by atoms with E-state index in [0.717, 1.165) is 30.8 Å². The molecule has 1 aliphatic rings. The van der Waals surface area contributed by atoms with Crippen molar-refractivity contribution in [2.75, 3.05) is 18.4 Å². The number of anilines is 1. The molecule has 1 fully saturated rings. The summed E-state index contributed by atoms with van der Waals surface area (Å²) in [5.41, 5.74) is 2.03. The van der Waals surface area contributed by atoms with Gasteiger partial charge in [-0.3, -0.25) is 0 Å². The van der Waals surface area contributed by atoms with Crippen LogP contribution in [-0.4, -0.2) is 34.1 Å². The van der Waals surface area contributed by atoms with Crippen molar-refractivity contribution in [1.29, 1.82) is 5.26 Å². The first kappa shape index (κ1) is 12.5. The van der Waals surface area contributed by atoms with E-state index >= 15 is 0 Å². The first-order valence-corrected chi connectivity index (χ1v) is 6.51. The van der Waals surface area contributed by atoms with Gasteiger partial charge in [-0.1, -0.05) is 0 Å². The molecule has 0 spiro atoms. The molecule has 1 atom stereocenters. The van der Waals surface area contributed by atoms with Crippen LogP contribution in [0.25, 0.3) is 11.3 Å². The summed E-state index contributed by atoms with van der Waals surface area (Å²) in [5.74, 6) is 0.623. The average Bonchev–Trinajstić information content (AvgIpc) is 3.01. The Morgan fingerprint density at radius 2 is 2.25 bits per heavy atom. The van der Waals surface area contributed by atoms with E-state index in [1.165, 1.54) is 6.33 Å². The van der Waals surface area contributed by atoms with Crippen LogP contribution in [0, 0.1) is 11.3 Å². The SMILES string of the molecule is N#Cc1c(-c2ccncn2)ccnc1NC1CCNC1. The molecule has 3 heterocycles. The van der Waals surface area contributed by atoms with Crippen molar-refractivity contribution in [2.24, 2.45) is 0 Å². The van der Waals surface area contributed by atoms with Crippen LogP contribution >= 0.6 is 0 Å². The van der Waals surface area contributed by atoms with Crippen LogP contribution in [-0.2, 0) is 0 Å². The largest absolute Gasteiger partial charge is 0.365 e. The first-order valence-electron chi connectivity index (χ1n) is 6.51. The predicted octanol–water partition coefficient (Wildman–Crippen LogP) is 1.18. The molecule has 6 heteroatoms. The summed E-state index contributed by atoms with van der Waals surface area (Å²) < 4.78 is 0. The fourth-order valence-electron chi connectivity index (χ4n) is 2.32. The zero-order valence-electron chi connectivity index (χ0n) is 10.9. The number of hydrogen-bond acceptors (Lipinski definition) is 6. The van der Waals surface area contributed by atoms with Crippen LogP contribution in [0.3, 0.4) is 0 Å². The van der Waals surface area contributed by atoms with E-state index in [9.17, 15) is 5.26 Å². The minimum atomic E-state index is 0.315. The van der Waals surface area contributed by atoms with Gasteiger partial charge in [0.15, 0.2) is 0 Å². The van der Waals surface area contributed by atoms with Gasteiger partial charge in [-0.2, -0.15) is 5.26 Å². The Morgan fingerprint density at radius 1 is 1.30 bits per heavy atom. The van der Waals surface area contributed by atoms with Crippen molar-refractivity contribution in [3.05, 3.63) is 36.4 Å². The van der Waals surface area contributed by atoms with E-state index in [4.69, 9.17) is 0 Å². The summed E-state index contributed by atoms with van der Waals surface area (Å²) in [4.78, 5) is 12.4. The molecule has 3 rings (SSSR count). The number of hydrogen-bond donors (Lipinski definition) is 2. The molecule has 20 heavy (non-hydrogen) atoms. The lowest BCUT2D eigenvalue weighted by atomic mass is 10.1. The summed E-state index contributed by atoms with van der Waals surface area (Å²) in [6.45, 7) is 1.88. The van der Waals surface area contributed by atoms with Crippen molar-refractivity contribution in [3.63, 3.8) is 0 Å². The van der Waals surface area contributed by atoms with E-state index < -0.39 is 0 Å². The summed E-state index contributed by atoms with van der Waals surface area (Å²) in [6.07, 6.45) is 5.87. The number of aromatic nitrogens is 3. The molecule has 100 valence electrons. The van der Waals surface area contributed by atoms with E-state index in [2.05, 4.69) is 31.7 Å². The molecule has 2 aromatic heterocycles. The maximum Gasteiger partial charge on any atom is 0.144 e. The molecule has 1 aliphatic heterocycles. The van der Waals surface area contributed by atoms with Crippen molar-refractivity contribution in [1.82, 2.24) is 20.3 Å². The van der Waals surface area contributed by atoms with Gasteiger partial charge in [0, 0.05) is 30.5 Å². The first-order chi connectivity index (χ1) is 9.88. The standard InChI is InChI=1S/C14H14N6/c15-7-12-11(13-3-5-17-9-19-13)2-6-18-14(12)20-10-1-4-16-8-10/h2-3,5-6,9-10,16H,1,4,8H2,(H,18,20).